The summed E-state index contributed by atoms with van der Waals surface area (Å²) in [6, 6.07) is 57.6. The Kier molecular flexibility index (Phi) is 9.40. The number of rotatable bonds is 5. The maximum Gasteiger partial charge on any atom is 0.252 e. The van der Waals surface area contributed by atoms with Crippen molar-refractivity contribution in [1.29, 1.82) is 0 Å². The zero-order chi connectivity index (χ0) is 53.9. The lowest BCUT2D eigenvalue weighted by Gasteiger charge is -2.48. The molecule has 0 spiro atoms. The van der Waals surface area contributed by atoms with Gasteiger partial charge in [0.15, 0.2) is 0 Å². The lowest BCUT2D eigenvalue weighted by Crippen LogP contribution is -2.62. The number of fused-ring (bicyclic) bond motifs is 9. The Balaban J connectivity index is 1.15. The lowest BCUT2D eigenvalue weighted by atomic mass is 9.33. The summed E-state index contributed by atoms with van der Waals surface area (Å²) in [5, 5.41) is 2.06. The molecular formula is C69H70BN3O. The fourth-order valence-corrected chi connectivity index (χ4v) is 13.4. The van der Waals surface area contributed by atoms with E-state index in [1.54, 1.807) is 0 Å². The van der Waals surface area contributed by atoms with Gasteiger partial charge in [-0.3, -0.25) is 0 Å². The largest absolute Gasteiger partial charge is 0.456 e. The van der Waals surface area contributed by atoms with Gasteiger partial charge in [0.05, 0.1) is 0 Å². The molecule has 0 fully saturated rings. The topological polar surface area (TPSA) is 22.9 Å². The van der Waals surface area contributed by atoms with E-state index in [-0.39, 0.29) is 33.8 Å². The normalized spacial score (nSPS) is 18.4. The molecule has 1 aromatic heterocycles. The van der Waals surface area contributed by atoms with Gasteiger partial charge in [-0.25, -0.2) is 0 Å². The molecule has 0 atom stereocenters. The number of benzene rings is 8. The van der Waals surface area contributed by atoms with E-state index in [1.165, 1.54) is 38.7 Å². The molecule has 5 heteroatoms. The van der Waals surface area contributed by atoms with Crippen LogP contribution in [-0.2, 0) is 27.1 Å². The second-order valence-electron chi connectivity index (χ2n) is 25.7. The van der Waals surface area contributed by atoms with E-state index in [2.05, 4.69) is 236 Å². The van der Waals surface area contributed by atoms with Gasteiger partial charge in [-0.2, -0.15) is 0 Å². The molecule has 2 aliphatic heterocycles. The van der Waals surface area contributed by atoms with Crippen LogP contribution in [0, 0.1) is 6.85 Å². The van der Waals surface area contributed by atoms with Crippen molar-refractivity contribution < 1.29 is 8.53 Å². The van der Waals surface area contributed by atoms with Crippen LogP contribution in [0.25, 0.3) is 21.9 Å². The van der Waals surface area contributed by atoms with Crippen molar-refractivity contribution in [3.63, 3.8) is 0 Å². The monoisotopic (exact) mass is 971 g/mol. The number of para-hydroxylation sites is 2. The van der Waals surface area contributed by atoms with E-state index < -0.39 is 6.85 Å². The van der Waals surface area contributed by atoms with Crippen LogP contribution in [0.4, 0.5) is 51.2 Å². The zero-order valence-electron chi connectivity index (χ0n) is 48.2. The number of anilines is 9. The van der Waals surface area contributed by atoms with Gasteiger partial charge in [0.25, 0.3) is 6.71 Å². The summed E-state index contributed by atoms with van der Waals surface area (Å²) in [4.78, 5) is 7.15. The lowest BCUT2D eigenvalue weighted by molar-refractivity contribution is 0.332. The summed E-state index contributed by atoms with van der Waals surface area (Å²) in [7, 11) is 0. The van der Waals surface area contributed by atoms with Gasteiger partial charge in [0.1, 0.15) is 11.2 Å². The Morgan fingerprint density at radius 2 is 1.03 bits per heavy atom. The average molecular weight is 971 g/mol. The van der Waals surface area contributed by atoms with Gasteiger partial charge in [0, 0.05) is 66.1 Å². The van der Waals surface area contributed by atoms with Crippen molar-refractivity contribution >= 4 is 96.2 Å². The van der Waals surface area contributed by atoms with E-state index >= 15 is 0 Å². The molecule has 0 bridgehead atoms. The van der Waals surface area contributed by atoms with Gasteiger partial charge in [-0.15, -0.1) is 0 Å². The van der Waals surface area contributed by atoms with E-state index in [4.69, 9.17) is 4.42 Å². The Labute approximate surface area is 444 Å². The molecule has 0 saturated carbocycles. The highest BCUT2D eigenvalue weighted by molar-refractivity contribution is 7.00. The minimum Gasteiger partial charge on any atom is -0.456 e. The molecule has 0 N–H and O–H groups in total. The molecule has 0 unspecified atom stereocenters. The fourth-order valence-electron chi connectivity index (χ4n) is 13.4. The van der Waals surface area contributed by atoms with E-state index in [1.807, 2.05) is 12.1 Å². The van der Waals surface area contributed by atoms with Crippen molar-refractivity contribution in [2.75, 3.05) is 14.7 Å². The number of hydrogen-bond donors (Lipinski definition) is 0. The third-order valence-electron chi connectivity index (χ3n) is 18.0. The summed E-state index contributed by atoms with van der Waals surface area (Å²) in [5.74, 6) is 0. The Hall–Kier alpha value is -6.98. The van der Waals surface area contributed by atoms with Gasteiger partial charge in [-0.1, -0.05) is 143 Å². The van der Waals surface area contributed by atoms with Crippen LogP contribution in [0.2, 0.25) is 0 Å². The molecule has 2 aliphatic carbocycles. The summed E-state index contributed by atoms with van der Waals surface area (Å²) in [6.45, 7) is 23.3. The molecule has 9 aromatic rings. The highest BCUT2D eigenvalue weighted by Crippen LogP contribution is 2.53. The minimum atomic E-state index is -2.42. The Morgan fingerprint density at radius 1 is 0.473 bits per heavy atom. The first-order chi connectivity index (χ1) is 36.4. The number of furan rings is 1. The molecule has 370 valence electrons. The SMILES string of the molecule is [2H]C([2H])([2H])c1cc2c3c(c1)N(c1ccc4c(c1)C(C)(C)CCC4(C)C)c1cc4c(cc1B3c1ccc(N(c3ccccc3)c3ccccc3)cc1N2c1ccc2oc3cc(C(C)(C)C)ccc3c2c1)C(C)(C)CCC4(C)C. The van der Waals surface area contributed by atoms with Crippen molar-refractivity contribution in [3.05, 3.63) is 191 Å². The van der Waals surface area contributed by atoms with Crippen LogP contribution in [0.5, 0.6) is 0 Å². The van der Waals surface area contributed by atoms with Crippen LogP contribution in [0.1, 0.15) is 139 Å². The maximum atomic E-state index is 9.30. The molecular weight excluding hydrogens is 898 g/mol. The highest BCUT2D eigenvalue weighted by Gasteiger charge is 2.47. The predicted octanol–water partition coefficient (Wildman–Crippen LogP) is 17.4. The summed E-state index contributed by atoms with van der Waals surface area (Å²) in [6.07, 6.45) is 4.37. The van der Waals surface area contributed by atoms with Gasteiger partial charge >= 0.3 is 0 Å². The van der Waals surface area contributed by atoms with E-state index in [9.17, 15) is 4.11 Å². The molecule has 8 aromatic carbocycles. The van der Waals surface area contributed by atoms with Crippen LogP contribution in [-0.4, -0.2) is 6.71 Å². The Morgan fingerprint density at radius 3 is 1.64 bits per heavy atom. The molecule has 0 saturated heterocycles. The van der Waals surface area contributed by atoms with Crippen LogP contribution >= 0.6 is 0 Å². The molecule has 74 heavy (non-hydrogen) atoms. The van der Waals surface area contributed by atoms with Crippen LogP contribution in [0.15, 0.2) is 162 Å². The second kappa shape index (κ2) is 16.0. The quantitative estimate of drug-likeness (QED) is 0.160. The molecule has 0 radical (unpaired) electrons. The standard InChI is InChI=1S/C69H70BN3O/c1-43-35-60-64-61(36-43)73(48-24-28-52-53(39-48)67(7,8)32-31-66(52,5)6)59-42-55-54(68(9,10)33-34-69(55,11)12)41-57(59)70(64)56-29-25-49(71(45-19-15-13-16-20-45)46-21-17-14-18-22-46)40-58(56)72(60)47-26-30-62-51(38-47)50-27-23-44(65(2,3)4)37-63(50)74-62/h13-30,35-42H,31-34H2,1-12H3/i1D3. The Bertz CT molecular complexity index is 3840. The number of nitrogens with zero attached hydrogens (tertiary/aromatic N) is 3. The maximum absolute atomic E-state index is 9.30. The number of hydrogen-bond acceptors (Lipinski definition) is 4. The van der Waals surface area contributed by atoms with Crippen molar-refractivity contribution in [3.8, 4) is 0 Å². The molecule has 3 heterocycles. The molecule has 4 aliphatic rings. The van der Waals surface area contributed by atoms with Crippen molar-refractivity contribution in [2.45, 2.75) is 136 Å². The summed E-state index contributed by atoms with van der Waals surface area (Å²) < 4.78 is 34.6. The molecule has 4 nitrogen and oxygen atoms in total. The minimum absolute atomic E-state index is 0.0270. The predicted molar refractivity (Wildman–Crippen MR) is 316 cm³/mol. The average Bonchev–Trinajstić information content (AvgIpc) is 3.94. The first kappa shape index (κ1) is 43.4. The highest BCUT2D eigenvalue weighted by atomic mass is 16.3. The van der Waals surface area contributed by atoms with Crippen LogP contribution < -0.4 is 31.1 Å². The third kappa shape index (κ3) is 7.15. The molecule has 13 rings (SSSR count). The summed E-state index contributed by atoms with van der Waals surface area (Å²) >= 11 is 0. The zero-order valence-corrected chi connectivity index (χ0v) is 45.2. The first-order valence-electron chi connectivity index (χ1n) is 28.5. The van der Waals surface area contributed by atoms with Crippen LogP contribution in [0.3, 0.4) is 0 Å². The van der Waals surface area contributed by atoms with Gasteiger partial charge in [0.2, 0.25) is 0 Å². The number of aryl methyl sites for hydroxylation is 1. The van der Waals surface area contributed by atoms with Gasteiger partial charge < -0.3 is 19.1 Å². The van der Waals surface area contributed by atoms with Crippen molar-refractivity contribution in [1.82, 2.24) is 0 Å². The van der Waals surface area contributed by atoms with Crippen molar-refractivity contribution in [2.24, 2.45) is 0 Å². The fraction of sp³-hybridized carbons (Fsp3) is 0.304. The summed E-state index contributed by atoms with van der Waals surface area (Å²) in [5.41, 5.74) is 21.0. The van der Waals surface area contributed by atoms with Gasteiger partial charge in [-0.05, 0) is 200 Å². The third-order valence-corrected chi connectivity index (χ3v) is 18.0. The van der Waals surface area contributed by atoms with E-state index in [0.717, 1.165) is 104 Å². The van der Waals surface area contributed by atoms with E-state index in [0.29, 0.717) is 5.56 Å². The molecule has 0 amide bonds. The second-order valence-corrected chi connectivity index (χ2v) is 25.7. The first-order valence-corrected chi connectivity index (χ1v) is 27.0. The smallest absolute Gasteiger partial charge is 0.252 e.